The Hall–Kier alpha value is -1.39. The fourth-order valence-corrected chi connectivity index (χ4v) is 3.78. The van der Waals surface area contributed by atoms with Crippen LogP contribution in [0.1, 0.15) is 0 Å². The second-order valence-corrected chi connectivity index (χ2v) is 7.12. The van der Waals surface area contributed by atoms with Crippen LogP contribution in [0.15, 0.2) is 59.5 Å². The number of carbonyl (C=O) groups excluding carboxylic acids is 1. The number of hydrogen-bond donors (Lipinski definition) is 0. The zero-order chi connectivity index (χ0) is 17.1. The molecule has 122 valence electrons. The molecule has 0 spiro atoms. The normalized spacial score (nSPS) is 10.8. The summed E-state index contributed by atoms with van der Waals surface area (Å²) in [6.07, 6.45) is 0. The second-order valence-electron chi connectivity index (χ2n) is 4.91. The molecule has 3 aromatic rings. The average molecular weight is 398 g/mol. The summed E-state index contributed by atoms with van der Waals surface area (Å²) in [6, 6.07) is 16.5. The lowest BCUT2D eigenvalue weighted by atomic mass is 10.1. The van der Waals surface area contributed by atoms with Crippen molar-refractivity contribution in [3.63, 3.8) is 0 Å². The SMILES string of the molecule is O=C(CSc1cccc2cccc(Cl)c12)Oc1cccc(Cl)c1Cl. The molecule has 0 aliphatic rings. The van der Waals surface area contributed by atoms with Crippen molar-refractivity contribution in [3.05, 3.63) is 69.7 Å². The average Bonchev–Trinajstić information content (AvgIpc) is 2.57. The highest BCUT2D eigenvalue weighted by atomic mass is 35.5. The van der Waals surface area contributed by atoms with Gasteiger partial charge in [0.15, 0.2) is 5.75 Å². The van der Waals surface area contributed by atoms with Gasteiger partial charge in [0.2, 0.25) is 0 Å². The Morgan fingerprint density at radius 3 is 2.38 bits per heavy atom. The number of ether oxygens (including phenoxy) is 1. The van der Waals surface area contributed by atoms with E-state index >= 15 is 0 Å². The molecule has 0 saturated heterocycles. The third kappa shape index (κ3) is 3.81. The van der Waals surface area contributed by atoms with Crippen LogP contribution in [0, 0.1) is 0 Å². The minimum atomic E-state index is -0.409. The zero-order valence-corrected chi connectivity index (χ0v) is 15.3. The highest BCUT2D eigenvalue weighted by Crippen LogP contribution is 2.34. The molecular weight excluding hydrogens is 387 g/mol. The smallest absolute Gasteiger partial charge is 0.321 e. The van der Waals surface area contributed by atoms with Crippen molar-refractivity contribution >= 4 is 63.3 Å². The predicted molar refractivity (Wildman–Crippen MR) is 102 cm³/mol. The lowest BCUT2D eigenvalue weighted by Gasteiger charge is -2.09. The predicted octanol–water partition coefficient (Wildman–Crippen LogP) is 6.50. The first-order valence-corrected chi connectivity index (χ1v) is 9.13. The third-order valence-corrected chi connectivity index (χ3v) is 5.45. The first-order chi connectivity index (χ1) is 11.6. The van der Waals surface area contributed by atoms with Crippen LogP contribution >= 0.6 is 46.6 Å². The minimum Gasteiger partial charge on any atom is -0.424 e. The van der Waals surface area contributed by atoms with Gasteiger partial charge in [0, 0.05) is 15.3 Å². The molecule has 0 heterocycles. The van der Waals surface area contributed by atoms with E-state index in [9.17, 15) is 4.79 Å². The molecule has 0 saturated carbocycles. The van der Waals surface area contributed by atoms with E-state index in [0.29, 0.717) is 10.0 Å². The standard InChI is InChI=1S/C18H11Cl3O2S/c19-12-6-1-4-11-5-2-9-15(17(11)12)24-10-16(22)23-14-8-3-7-13(20)18(14)21/h1-9H,10H2. The highest BCUT2D eigenvalue weighted by molar-refractivity contribution is 8.00. The Kier molecular flexibility index (Phi) is 5.57. The maximum atomic E-state index is 12.1. The van der Waals surface area contributed by atoms with E-state index in [1.807, 2.05) is 36.4 Å². The number of esters is 1. The van der Waals surface area contributed by atoms with Crippen LogP contribution in [0.5, 0.6) is 5.75 Å². The molecule has 0 aromatic heterocycles. The van der Waals surface area contributed by atoms with Crippen LogP contribution in [0.4, 0.5) is 0 Å². The molecule has 3 rings (SSSR count). The number of rotatable bonds is 4. The van der Waals surface area contributed by atoms with Crippen molar-refractivity contribution in [2.45, 2.75) is 4.90 Å². The Morgan fingerprint density at radius 2 is 1.58 bits per heavy atom. The van der Waals surface area contributed by atoms with Gasteiger partial charge in [0.1, 0.15) is 5.02 Å². The summed E-state index contributed by atoms with van der Waals surface area (Å²) in [7, 11) is 0. The van der Waals surface area contributed by atoms with Crippen LogP contribution in [0.25, 0.3) is 10.8 Å². The van der Waals surface area contributed by atoms with E-state index in [-0.39, 0.29) is 16.5 Å². The number of halogens is 3. The number of carbonyl (C=O) groups is 1. The van der Waals surface area contributed by atoms with Crippen molar-refractivity contribution in [2.24, 2.45) is 0 Å². The van der Waals surface area contributed by atoms with Gasteiger partial charge in [-0.1, -0.05) is 65.1 Å². The van der Waals surface area contributed by atoms with E-state index < -0.39 is 5.97 Å². The van der Waals surface area contributed by atoms with Gasteiger partial charge in [-0.15, -0.1) is 11.8 Å². The van der Waals surface area contributed by atoms with Crippen LogP contribution in [-0.4, -0.2) is 11.7 Å². The quantitative estimate of drug-likeness (QED) is 0.285. The summed E-state index contributed by atoms with van der Waals surface area (Å²) in [4.78, 5) is 13.0. The van der Waals surface area contributed by atoms with Crippen molar-refractivity contribution < 1.29 is 9.53 Å². The van der Waals surface area contributed by atoms with Crippen LogP contribution in [-0.2, 0) is 4.79 Å². The number of hydrogen-bond acceptors (Lipinski definition) is 3. The van der Waals surface area contributed by atoms with E-state index in [1.54, 1.807) is 18.2 Å². The first-order valence-electron chi connectivity index (χ1n) is 7.01. The Bertz CT molecular complexity index is 907. The van der Waals surface area contributed by atoms with E-state index in [2.05, 4.69) is 0 Å². The molecular formula is C18H11Cl3O2S. The van der Waals surface area contributed by atoms with Crippen LogP contribution in [0.3, 0.4) is 0 Å². The summed E-state index contributed by atoms with van der Waals surface area (Å²) in [5, 5.41) is 3.18. The summed E-state index contributed by atoms with van der Waals surface area (Å²) in [6.45, 7) is 0. The van der Waals surface area contributed by atoms with Gasteiger partial charge in [-0.25, -0.2) is 0 Å². The van der Waals surface area contributed by atoms with E-state index in [1.165, 1.54) is 11.8 Å². The molecule has 0 aliphatic heterocycles. The van der Waals surface area contributed by atoms with Crippen LogP contribution < -0.4 is 4.74 Å². The van der Waals surface area contributed by atoms with E-state index in [0.717, 1.165) is 15.7 Å². The molecule has 0 unspecified atom stereocenters. The van der Waals surface area contributed by atoms with Gasteiger partial charge >= 0.3 is 5.97 Å². The van der Waals surface area contributed by atoms with Gasteiger partial charge in [-0.05, 0) is 29.7 Å². The molecule has 0 amide bonds. The van der Waals surface area contributed by atoms with Crippen molar-refractivity contribution in [1.82, 2.24) is 0 Å². The van der Waals surface area contributed by atoms with E-state index in [4.69, 9.17) is 39.5 Å². The lowest BCUT2D eigenvalue weighted by Crippen LogP contribution is -2.11. The fraction of sp³-hybridized carbons (Fsp3) is 0.0556. The van der Waals surface area contributed by atoms with Gasteiger partial charge in [0.25, 0.3) is 0 Å². The van der Waals surface area contributed by atoms with Crippen molar-refractivity contribution in [2.75, 3.05) is 5.75 Å². The Morgan fingerprint density at radius 1 is 0.917 bits per heavy atom. The van der Waals surface area contributed by atoms with Gasteiger partial charge < -0.3 is 4.74 Å². The van der Waals surface area contributed by atoms with Gasteiger partial charge in [0.05, 0.1) is 10.8 Å². The Balaban J connectivity index is 1.74. The fourth-order valence-electron chi connectivity index (χ4n) is 2.23. The largest absolute Gasteiger partial charge is 0.424 e. The maximum Gasteiger partial charge on any atom is 0.321 e. The maximum absolute atomic E-state index is 12.1. The summed E-state index contributed by atoms with van der Waals surface area (Å²) in [5.41, 5.74) is 0. The molecule has 0 atom stereocenters. The minimum absolute atomic E-state index is 0.132. The van der Waals surface area contributed by atoms with Gasteiger partial charge in [-0.3, -0.25) is 4.79 Å². The highest BCUT2D eigenvalue weighted by Gasteiger charge is 2.12. The Labute approximate surface area is 158 Å². The molecule has 0 fully saturated rings. The molecule has 0 aliphatic carbocycles. The van der Waals surface area contributed by atoms with Crippen molar-refractivity contribution in [3.8, 4) is 5.75 Å². The van der Waals surface area contributed by atoms with Crippen LogP contribution in [0.2, 0.25) is 15.1 Å². The zero-order valence-electron chi connectivity index (χ0n) is 12.3. The summed E-state index contributed by atoms with van der Waals surface area (Å²) >= 11 is 19.6. The molecule has 2 nitrogen and oxygen atoms in total. The summed E-state index contributed by atoms with van der Waals surface area (Å²) in [5.74, 6) is -0.0216. The molecule has 0 bridgehead atoms. The second kappa shape index (κ2) is 7.66. The molecule has 24 heavy (non-hydrogen) atoms. The molecule has 3 aromatic carbocycles. The summed E-state index contributed by atoms with van der Waals surface area (Å²) < 4.78 is 5.28. The first kappa shape index (κ1) is 17.4. The number of benzene rings is 3. The number of fused-ring (bicyclic) bond motifs is 1. The number of thioether (sulfide) groups is 1. The molecule has 6 heteroatoms. The lowest BCUT2D eigenvalue weighted by molar-refractivity contribution is -0.131. The topological polar surface area (TPSA) is 26.3 Å². The molecule has 0 radical (unpaired) electrons. The van der Waals surface area contributed by atoms with Crippen molar-refractivity contribution in [1.29, 1.82) is 0 Å². The molecule has 0 N–H and O–H groups in total. The monoisotopic (exact) mass is 396 g/mol. The van der Waals surface area contributed by atoms with Gasteiger partial charge in [-0.2, -0.15) is 0 Å². The third-order valence-electron chi connectivity index (χ3n) is 3.30.